The highest BCUT2D eigenvalue weighted by Crippen LogP contribution is 2.47. The summed E-state index contributed by atoms with van der Waals surface area (Å²) in [6.45, 7) is 13.2. The van der Waals surface area contributed by atoms with Crippen molar-refractivity contribution >= 4 is 5.97 Å². The van der Waals surface area contributed by atoms with Crippen LogP contribution in [0.3, 0.4) is 0 Å². The number of fused-ring (bicyclic) bond motifs is 4. The van der Waals surface area contributed by atoms with E-state index < -0.39 is 60.1 Å². The third-order valence-corrected chi connectivity index (χ3v) is 9.87. The van der Waals surface area contributed by atoms with Crippen molar-refractivity contribution in [2.75, 3.05) is 0 Å². The van der Waals surface area contributed by atoms with Crippen LogP contribution in [0.25, 0.3) is 0 Å². The highest BCUT2D eigenvalue weighted by atomic mass is 16.7. The molecule has 0 aromatic heterocycles. The fourth-order valence-electron chi connectivity index (χ4n) is 7.66. The minimum atomic E-state index is -1.53. The van der Waals surface area contributed by atoms with Gasteiger partial charge in [0.1, 0.15) is 11.7 Å². The van der Waals surface area contributed by atoms with Crippen LogP contribution in [0.1, 0.15) is 85.0 Å². The van der Waals surface area contributed by atoms with Gasteiger partial charge in [0, 0.05) is 23.0 Å². The first-order valence-electron chi connectivity index (χ1n) is 15.7. The summed E-state index contributed by atoms with van der Waals surface area (Å²) in [6.07, 6.45) is -3.93. The van der Waals surface area contributed by atoms with Gasteiger partial charge >= 0.3 is 5.97 Å². The summed E-state index contributed by atoms with van der Waals surface area (Å²) in [7, 11) is 0. The number of hydrogen-bond acceptors (Lipinski definition) is 8. The molecule has 3 heterocycles. The molecule has 43 heavy (non-hydrogen) atoms. The zero-order valence-electron chi connectivity index (χ0n) is 26.4. The van der Waals surface area contributed by atoms with Gasteiger partial charge in [0.05, 0.1) is 35.9 Å². The van der Waals surface area contributed by atoms with Crippen LogP contribution in [-0.2, 0) is 28.5 Å². The Kier molecular flexibility index (Phi) is 9.38. The molecule has 0 aliphatic carbocycles. The second kappa shape index (κ2) is 12.6. The minimum Gasteiger partial charge on any atom is -0.459 e. The number of esters is 1. The number of hydrogen-bond donors (Lipinski definition) is 2. The number of ether oxygens (including phenoxy) is 5. The van der Waals surface area contributed by atoms with Gasteiger partial charge in [0.25, 0.3) is 0 Å². The smallest absolute Gasteiger partial charge is 0.311 e. The maximum atomic E-state index is 13.8. The molecule has 0 spiro atoms. The van der Waals surface area contributed by atoms with E-state index in [0.29, 0.717) is 12.8 Å². The van der Waals surface area contributed by atoms with Crippen molar-refractivity contribution in [1.82, 2.24) is 0 Å². The normalized spacial score (nSPS) is 44.2. The zero-order valence-corrected chi connectivity index (χ0v) is 26.4. The number of cyclic esters (lactones) is 1. The molecule has 2 N–H and O–H groups in total. The van der Waals surface area contributed by atoms with Crippen molar-refractivity contribution < 1.29 is 38.7 Å². The van der Waals surface area contributed by atoms with Gasteiger partial charge in [-0.3, -0.25) is 4.79 Å². The first-order valence-corrected chi connectivity index (χ1v) is 15.7. The lowest BCUT2D eigenvalue weighted by Gasteiger charge is -2.52. The van der Waals surface area contributed by atoms with Gasteiger partial charge in [0.15, 0.2) is 12.6 Å². The van der Waals surface area contributed by atoms with Crippen LogP contribution in [0, 0.1) is 23.7 Å². The second-order valence-electron chi connectivity index (χ2n) is 13.4. The van der Waals surface area contributed by atoms with Gasteiger partial charge in [0.2, 0.25) is 0 Å². The first-order chi connectivity index (χ1) is 20.3. The fraction of sp³-hybridized carbons (Fsp3) is 0.629. The van der Waals surface area contributed by atoms with Crippen LogP contribution >= 0.6 is 0 Å². The molecule has 1 unspecified atom stereocenters. The Morgan fingerprint density at radius 1 is 0.744 bits per heavy atom. The van der Waals surface area contributed by atoms with Crippen LogP contribution < -0.4 is 0 Å². The van der Waals surface area contributed by atoms with E-state index in [1.165, 1.54) is 0 Å². The summed E-state index contributed by atoms with van der Waals surface area (Å²) in [5, 5.41) is 24.3. The molecule has 0 amide bonds. The molecule has 0 radical (unpaired) electrons. The molecule has 4 bridgehead atoms. The van der Waals surface area contributed by atoms with Crippen molar-refractivity contribution in [3.05, 3.63) is 71.8 Å². The molecule has 8 nitrogen and oxygen atoms in total. The van der Waals surface area contributed by atoms with Crippen molar-refractivity contribution in [2.24, 2.45) is 23.7 Å². The van der Waals surface area contributed by atoms with E-state index in [-0.39, 0.29) is 23.9 Å². The Bertz CT molecular complexity index is 1220. The Morgan fingerprint density at radius 3 is 1.77 bits per heavy atom. The van der Waals surface area contributed by atoms with E-state index in [2.05, 4.69) is 6.92 Å². The number of carbonyl (C=O) groups is 1. The third kappa shape index (κ3) is 6.28. The highest BCUT2D eigenvalue weighted by Gasteiger charge is 2.55. The van der Waals surface area contributed by atoms with Crippen molar-refractivity contribution in [3.8, 4) is 0 Å². The van der Waals surface area contributed by atoms with Crippen molar-refractivity contribution in [2.45, 2.75) is 116 Å². The second-order valence-corrected chi connectivity index (χ2v) is 13.4. The summed E-state index contributed by atoms with van der Waals surface area (Å²) in [5.41, 5.74) is -1.19. The van der Waals surface area contributed by atoms with E-state index in [1.54, 1.807) is 20.8 Å². The van der Waals surface area contributed by atoms with E-state index in [9.17, 15) is 15.0 Å². The Morgan fingerprint density at radius 2 is 1.23 bits per heavy atom. The summed E-state index contributed by atoms with van der Waals surface area (Å²) >= 11 is 0. The average Bonchev–Trinajstić information content (AvgIpc) is 2.99. The van der Waals surface area contributed by atoms with Crippen LogP contribution in [0.2, 0.25) is 0 Å². The van der Waals surface area contributed by atoms with Crippen LogP contribution in [0.4, 0.5) is 0 Å². The van der Waals surface area contributed by atoms with Crippen LogP contribution in [0.15, 0.2) is 60.7 Å². The SMILES string of the molecule is CC[C@H]1OC(=O)[C@H](C)[C@H]2O[C@@H](c3ccccc3)O[C@H]([C@H]2C)[C@](C)(O)C[C@@H](C)[C@@H]2OC(c3ccccc3)O[C@H]([C@H]2C)[C@]1(C)O. The summed E-state index contributed by atoms with van der Waals surface area (Å²) < 4.78 is 32.2. The van der Waals surface area contributed by atoms with Gasteiger partial charge in [-0.25, -0.2) is 0 Å². The third-order valence-electron chi connectivity index (χ3n) is 9.87. The van der Waals surface area contributed by atoms with E-state index in [4.69, 9.17) is 23.7 Å². The molecule has 0 saturated carbocycles. The van der Waals surface area contributed by atoms with Gasteiger partial charge in [-0.05, 0) is 39.5 Å². The van der Waals surface area contributed by atoms with Gasteiger partial charge in [-0.15, -0.1) is 0 Å². The Balaban J connectivity index is 1.58. The monoisotopic (exact) mass is 596 g/mol. The minimum absolute atomic E-state index is 0.145. The zero-order chi connectivity index (χ0) is 31.1. The lowest BCUT2D eigenvalue weighted by molar-refractivity contribution is -0.332. The predicted octanol–water partition coefficient (Wildman–Crippen LogP) is 5.72. The number of rotatable bonds is 3. The maximum absolute atomic E-state index is 13.8. The average molecular weight is 597 g/mol. The lowest BCUT2D eigenvalue weighted by Crippen LogP contribution is -2.62. The Labute approximate surface area is 255 Å². The maximum Gasteiger partial charge on any atom is 0.311 e. The molecule has 3 aliphatic heterocycles. The molecule has 5 rings (SSSR count). The largest absolute Gasteiger partial charge is 0.459 e. The molecule has 3 saturated heterocycles. The quantitative estimate of drug-likeness (QED) is 0.434. The first kappa shape index (κ1) is 32.1. The predicted molar refractivity (Wildman–Crippen MR) is 161 cm³/mol. The highest BCUT2D eigenvalue weighted by molar-refractivity contribution is 5.73. The fourth-order valence-corrected chi connectivity index (χ4v) is 7.66. The molecular formula is C35H48O8. The molecule has 8 heteroatoms. The van der Waals surface area contributed by atoms with E-state index >= 15 is 0 Å². The number of carbonyl (C=O) groups excluding carboxylic acids is 1. The van der Waals surface area contributed by atoms with Crippen LogP contribution in [-0.4, -0.2) is 57.9 Å². The summed E-state index contributed by atoms with van der Waals surface area (Å²) in [6, 6.07) is 19.2. The van der Waals surface area contributed by atoms with Crippen LogP contribution in [0.5, 0.6) is 0 Å². The van der Waals surface area contributed by atoms with Gasteiger partial charge in [-0.2, -0.15) is 0 Å². The van der Waals surface area contributed by atoms with E-state index in [0.717, 1.165) is 11.1 Å². The van der Waals surface area contributed by atoms with Gasteiger partial charge in [-0.1, -0.05) is 88.4 Å². The number of benzene rings is 2. The van der Waals surface area contributed by atoms with Crippen molar-refractivity contribution in [3.63, 3.8) is 0 Å². The van der Waals surface area contributed by atoms with Gasteiger partial charge < -0.3 is 33.9 Å². The molecule has 13 atom stereocenters. The summed E-state index contributed by atoms with van der Waals surface area (Å²) in [4.78, 5) is 13.8. The molecular weight excluding hydrogens is 548 g/mol. The lowest BCUT2D eigenvalue weighted by atomic mass is 9.72. The molecule has 3 fully saturated rings. The molecule has 236 valence electrons. The molecule has 3 aliphatic rings. The molecule has 2 aromatic carbocycles. The van der Waals surface area contributed by atoms with E-state index in [1.807, 2.05) is 81.4 Å². The standard InChI is InChI=1S/C35H48O8/c1-8-26-35(7,38)30-21(3)27(40-32(43-30)24-15-11-9-12-16-24)20(2)19-34(6,37)29-22(4)28(23(5)31(36)39-26)41-33(42-29)25-17-13-10-14-18-25/h9-18,20-23,26-30,32-33,37-38H,8,19H2,1-7H3/t20-,21+,22+,23-,26-,27+,28+,29-,30-,32?,33-,34-,35-/m1/s1. The van der Waals surface area contributed by atoms with Crippen molar-refractivity contribution in [1.29, 1.82) is 0 Å². The number of aliphatic hydroxyl groups is 2. The Hall–Kier alpha value is -2.33. The topological polar surface area (TPSA) is 104 Å². The molecule has 2 aromatic rings. The summed E-state index contributed by atoms with van der Waals surface area (Å²) in [5.74, 6) is -1.93.